The molecule has 1 rings (SSSR count). The minimum absolute atomic E-state index is 0.148. The number of carbonyl (C=O) groups is 2. The quantitative estimate of drug-likeness (QED) is 0.269. The van der Waals surface area contributed by atoms with Gasteiger partial charge in [-0.15, -0.1) is 0 Å². The van der Waals surface area contributed by atoms with Crippen LogP contribution in [0.1, 0.15) is 84.1 Å². The topological polar surface area (TPSA) is 77.5 Å². The number of ketones is 1. The first-order valence-corrected chi connectivity index (χ1v) is 12.8. The van der Waals surface area contributed by atoms with E-state index >= 15 is 0 Å². The standard InChI is InChI=1S/C24H38O5S/c1-5-6-7-8-9-10-11-12-13-24(26)23(20(3)29-21(4)25)18-30(27,28)22-16-14-19(2)15-17-22/h14-17,20,23H,5-13,18H2,1-4H3/t20-,23+/m0/s1. The number of unbranched alkanes of at least 4 members (excludes halogenated alkanes) is 7. The Morgan fingerprint density at radius 1 is 0.933 bits per heavy atom. The average Bonchev–Trinajstić information content (AvgIpc) is 2.67. The summed E-state index contributed by atoms with van der Waals surface area (Å²) in [5.74, 6) is -1.87. The molecule has 0 amide bonds. The molecule has 170 valence electrons. The smallest absolute Gasteiger partial charge is 0.302 e. The molecule has 6 heteroatoms. The third kappa shape index (κ3) is 9.88. The highest BCUT2D eigenvalue weighted by atomic mass is 32.2. The van der Waals surface area contributed by atoms with Gasteiger partial charge in [0.25, 0.3) is 0 Å². The van der Waals surface area contributed by atoms with Crippen LogP contribution in [0.4, 0.5) is 0 Å². The molecule has 1 aromatic carbocycles. The van der Waals surface area contributed by atoms with Gasteiger partial charge in [0.2, 0.25) is 0 Å². The second-order valence-electron chi connectivity index (χ2n) is 8.21. The lowest BCUT2D eigenvalue weighted by molar-refractivity contribution is -0.149. The Bertz CT molecular complexity index is 752. The maximum Gasteiger partial charge on any atom is 0.302 e. The fourth-order valence-corrected chi connectivity index (χ4v) is 5.20. The van der Waals surface area contributed by atoms with E-state index in [1.807, 2.05) is 6.92 Å². The molecule has 1 aromatic rings. The van der Waals surface area contributed by atoms with Gasteiger partial charge in [0.1, 0.15) is 11.9 Å². The predicted molar refractivity (Wildman–Crippen MR) is 120 cm³/mol. The lowest BCUT2D eigenvalue weighted by Crippen LogP contribution is -2.35. The fourth-order valence-electron chi connectivity index (χ4n) is 3.53. The summed E-state index contributed by atoms with van der Waals surface area (Å²) in [6.07, 6.45) is 8.46. The highest BCUT2D eigenvalue weighted by Crippen LogP contribution is 2.22. The highest BCUT2D eigenvalue weighted by Gasteiger charge is 2.32. The van der Waals surface area contributed by atoms with Crippen molar-refractivity contribution < 1.29 is 22.7 Å². The van der Waals surface area contributed by atoms with Crippen molar-refractivity contribution in [3.8, 4) is 0 Å². The van der Waals surface area contributed by atoms with Crippen molar-refractivity contribution in [1.29, 1.82) is 0 Å². The zero-order valence-electron chi connectivity index (χ0n) is 19.0. The van der Waals surface area contributed by atoms with Gasteiger partial charge in [-0.3, -0.25) is 9.59 Å². The van der Waals surface area contributed by atoms with Crippen LogP contribution in [0.3, 0.4) is 0 Å². The van der Waals surface area contributed by atoms with Crippen LogP contribution in [0.15, 0.2) is 29.2 Å². The third-order valence-electron chi connectivity index (χ3n) is 5.39. The van der Waals surface area contributed by atoms with Crippen LogP contribution >= 0.6 is 0 Å². The maximum atomic E-state index is 12.9. The SMILES string of the molecule is CCCCCCCCCCC(=O)[C@H](CS(=O)(=O)c1ccc(C)cc1)[C@H](C)OC(C)=O. The highest BCUT2D eigenvalue weighted by molar-refractivity contribution is 7.91. The summed E-state index contributed by atoms with van der Waals surface area (Å²) in [4.78, 5) is 24.4. The van der Waals surface area contributed by atoms with E-state index in [0.717, 1.165) is 24.8 Å². The lowest BCUT2D eigenvalue weighted by atomic mass is 9.95. The van der Waals surface area contributed by atoms with Gasteiger partial charge in [0.15, 0.2) is 9.84 Å². The molecule has 0 heterocycles. The molecule has 0 aliphatic rings. The van der Waals surface area contributed by atoms with Crippen molar-refractivity contribution >= 4 is 21.6 Å². The van der Waals surface area contributed by atoms with E-state index in [-0.39, 0.29) is 16.4 Å². The number of aryl methyl sites for hydroxylation is 1. The van der Waals surface area contributed by atoms with E-state index in [4.69, 9.17) is 4.74 Å². The predicted octanol–water partition coefficient (Wildman–Crippen LogP) is 5.44. The van der Waals surface area contributed by atoms with Crippen LogP contribution in [0.25, 0.3) is 0 Å². The summed E-state index contributed by atoms with van der Waals surface area (Å²) in [7, 11) is -3.66. The summed E-state index contributed by atoms with van der Waals surface area (Å²) < 4.78 is 30.9. The molecule has 0 radical (unpaired) electrons. The molecule has 30 heavy (non-hydrogen) atoms. The zero-order chi connectivity index (χ0) is 22.6. The number of hydrogen-bond donors (Lipinski definition) is 0. The molecule has 0 unspecified atom stereocenters. The number of hydrogen-bond acceptors (Lipinski definition) is 5. The first-order valence-electron chi connectivity index (χ1n) is 11.2. The Kier molecular flexibility index (Phi) is 11.9. The first kappa shape index (κ1) is 26.3. The summed E-state index contributed by atoms with van der Waals surface area (Å²) >= 11 is 0. The van der Waals surface area contributed by atoms with Gasteiger partial charge in [-0.25, -0.2) is 8.42 Å². The van der Waals surface area contributed by atoms with Crippen LogP contribution in [-0.2, 0) is 24.2 Å². The normalized spacial score (nSPS) is 13.6. The van der Waals surface area contributed by atoms with Crippen molar-refractivity contribution in [2.75, 3.05) is 5.75 Å². The number of carbonyl (C=O) groups excluding carboxylic acids is 2. The van der Waals surface area contributed by atoms with Crippen LogP contribution in [0.2, 0.25) is 0 Å². The fraction of sp³-hybridized carbons (Fsp3) is 0.667. The molecule has 0 saturated heterocycles. The zero-order valence-corrected chi connectivity index (χ0v) is 19.8. The van der Waals surface area contributed by atoms with Crippen LogP contribution in [-0.4, -0.2) is 32.0 Å². The lowest BCUT2D eigenvalue weighted by Gasteiger charge is -2.22. The van der Waals surface area contributed by atoms with Crippen molar-refractivity contribution in [3.63, 3.8) is 0 Å². The number of Topliss-reactive ketones (excluding diaryl/α,β-unsaturated/α-hetero) is 1. The second-order valence-corrected chi connectivity index (χ2v) is 10.2. The minimum Gasteiger partial charge on any atom is -0.462 e. The summed E-state index contributed by atoms with van der Waals surface area (Å²) in [6, 6.07) is 6.59. The summed E-state index contributed by atoms with van der Waals surface area (Å²) in [6.45, 7) is 6.95. The van der Waals surface area contributed by atoms with Crippen LogP contribution in [0, 0.1) is 12.8 Å². The first-order chi connectivity index (χ1) is 14.2. The monoisotopic (exact) mass is 438 g/mol. The molecule has 0 aliphatic heterocycles. The molecule has 0 fully saturated rings. The molecular weight excluding hydrogens is 400 g/mol. The molecular formula is C24H38O5S. The van der Waals surface area contributed by atoms with E-state index in [0.29, 0.717) is 6.42 Å². The Morgan fingerprint density at radius 2 is 1.47 bits per heavy atom. The van der Waals surface area contributed by atoms with Gasteiger partial charge in [-0.05, 0) is 32.4 Å². The van der Waals surface area contributed by atoms with Gasteiger partial charge in [-0.2, -0.15) is 0 Å². The Labute approximate surface area is 182 Å². The largest absolute Gasteiger partial charge is 0.462 e. The molecule has 0 saturated carbocycles. The van der Waals surface area contributed by atoms with Gasteiger partial charge < -0.3 is 4.74 Å². The molecule has 0 N–H and O–H groups in total. The van der Waals surface area contributed by atoms with Gasteiger partial charge in [0, 0.05) is 13.3 Å². The van der Waals surface area contributed by atoms with Crippen molar-refractivity contribution in [1.82, 2.24) is 0 Å². The van der Waals surface area contributed by atoms with Crippen molar-refractivity contribution in [2.24, 2.45) is 5.92 Å². The molecule has 0 aromatic heterocycles. The van der Waals surface area contributed by atoms with Crippen molar-refractivity contribution in [3.05, 3.63) is 29.8 Å². The number of rotatable bonds is 15. The Morgan fingerprint density at radius 3 is 2.00 bits per heavy atom. The molecule has 0 bridgehead atoms. The van der Waals surface area contributed by atoms with Gasteiger partial charge >= 0.3 is 5.97 Å². The number of benzene rings is 1. The number of ether oxygens (including phenoxy) is 1. The van der Waals surface area contributed by atoms with Gasteiger partial charge in [0.05, 0.1) is 16.6 Å². The Hall–Kier alpha value is -1.69. The molecule has 0 aliphatic carbocycles. The summed E-state index contributed by atoms with van der Waals surface area (Å²) in [5, 5.41) is 0. The maximum absolute atomic E-state index is 12.9. The molecule has 2 atom stereocenters. The second kappa shape index (κ2) is 13.6. The van der Waals surface area contributed by atoms with E-state index in [1.54, 1.807) is 31.2 Å². The summed E-state index contributed by atoms with van der Waals surface area (Å²) in [5.41, 5.74) is 0.963. The molecule has 5 nitrogen and oxygen atoms in total. The minimum atomic E-state index is -3.66. The van der Waals surface area contributed by atoms with E-state index in [2.05, 4.69) is 6.92 Å². The van der Waals surface area contributed by atoms with E-state index in [1.165, 1.54) is 39.0 Å². The van der Waals surface area contributed by atoms with E-state index < -0.39 is 27.8 Å². The third-order valence-corrected chi connectivity index (χ3v) is 7.18. The average molecular weight is 439 g/mol. The Balaban J connectivity index is 2.69. The number of sulfone groups is 1. The number of esters is 1. The molecule has 0 spiro atoms. The van der Waals surface area contributed by atoms with Crippen molar-refractivity contribution in [2.45, 2.75) is 96.5 Å². The van der Waals surface area contributed by atoms with E-state index in [9.17, 15) is 18.0 Å². The van der Waals surface area contributed by atoms with Crippen LogP contribution in [0.5, 0.6) is 0 Å². The van der Waals surface area contributed by atoms with Crippen LogP contribution < -0.4 is 0 Å². The van der Waals surface area contributed by atoms with Gasteiger partial charge in [-0.1, -0.05) is 69.6 Å².